The summed E-state index contributed by atoms with van der Waals surface area (Å²) in [5.74, 6) is 0.875. The van der Waals surface area contributed by atoms with Crippen molar-refractivity contribution in [2.24, 2.45) is 11.8 Å². The zero-order chi connectivity index (χ0) is 53.2. The van der Waals surface area contributed by atoms with Crippen LogP contribution in [0.2, 0.25) is 0 Å². The lowest BCUT2D eigenvalue weighted by atomic mass is 10.0. The van der Waals surface area contributed by atoms with Crippen LogP contribution >= 0.6 is 0 Å². The second-order valence-corrected chi connectivity index (χ2v) is 24.1. The molecule has 0 radical (unpaired) electrons. The van der Waals surface area contributed by atoms with Crippen LogP contribution in [0.3, 0.4) is 0 Å². The van der Waals surface area contributed by atoms with Gasteiger partial charge in [-0.15, -0.1) is 0 Å². The molecule has 0 N–H and O–H groups in total. The Morgan fingerprint density at radius 2 is 0.452 bits per heavy atom. The van der Waals surface area contributed by atoms with Gasteiger partial charge >= 0.3 is 17.9 Å². The first-order valence-electron chi connectivity index (χ1n) is 33.2. The van der Waals surface area contributed by atoms with Crippen molar-refractivity contribution < 1.29 is 28.6 Å². The van der Waals surface area contributed by atoms with Crippen molar-refractivity contribution in [1.29, 1.82) is 0 Å². The van der Waals surface area contributed by atoms with E-state index in [0.29, 0.717) is 19.3 Å². The van der Waals surface area contributed by atoms with Gasteiger partial charge in [0.2, 0.25) is 0 Å². The van der Waals surface area contributed by atoms with E-state index in [4.69, 9.17) is 14.2 Å². The Morgan fingerprint density at radius 1 is 0.260 bits per heavy atom. The molecule has 73 heavy (non-hydrogen) atoms. The predicted octanol–water partition coefficient (Wildman–Crippen LogP) is 22.4. The molecule has 0 rings (SSSR count). The number of unbranched alkanes of at least 4 members (excludes halogenated alkanes) is 46. The lowest BCUT2D eigenvalue weighted by molar-refractivity contribution is -0.167. The molecule has 0 aliphatic carbocycles. The molecule has 0 aromatic rings. The third kappa shape index (κ3) is 61.1. The summed E-state index contributed by atoms with van der Waals surface area (Å²) in [4.78, 5) is 38.4. The number of hydrogen-bond acceptors (Lipinski definition) is 6. The van der Waals surface area contributed by atoms with E-state index in [2.05, 4.69) is 34.6 Å². The van der Waals surface area contributed by atoms with Crippen LogP contribution < -0.4 is 0 Å². The smallest absolute Gasteiger partial charge is 0.306 e. The Hall–Kier alpha value is -1.59. The third-order valence-electron chi connectivity index (χ3n) is 15.5. The van der Waals surface area contributed by atoms with E-state index in [1.807, 2.05) is 0 Å². The first-order valence-corrected chi connectivity index (χ1v) is 33.2. The Bertz CT molecular complexity index is 1120. The largest absolute Gasteiger partial charge is 0.462 e. The van der Waals surface area contributed by atoms with Gasteiger partial charge in [-0.3, -0.25) is 14.4 Å². The van der Waals surface area contributed by atoms with Crippen LogP contribution in [0.25, 0.3) is 0 Å². The minimum Gasteiger partial charge on any atom is -0.462 e. The zero-order valence-corrected chi connectivity index (χ0v) is 50.3. The molecule has 0 unspecified atom stereocenters. The van der Waals surface area contributed by atoms with E-state index in [-0.39, 0.29) is 31.1 Å². The lowest BCUT2D eigenvalue weighted by Crippen LogP contribution is -2.30. The Morgan fingerprint density at radius 3 is 0.671 bits per heavy atom. The van der Waals surface area contributed by atoms with Crippen molar-refractivity contribution in [1.82, 2.24) is 0 Å². The van der Waals surface area contributed by atoms with Gasteiger partial charge in [-0.05, 0) is 31.1 Å². The maximum Gasteiger partial charge on any atom is 0.306 e. The van der Waals surface area contributed by atoms with Gasteiger partial charge in [0.05, 0.1) is 0 Å². The summed E-state index contributed by atoms with van der Waals surface area (Å²) in [7, 11) is 0. The summed E-state index contributed by atoms with van der Waals surface area (Å²) in [5.41, 5.74) is 0. The molecule has 0 fully saturated rings. The van der Waals surface area contributed by atoms with Gasteiger partial charge in [0, 0.05) is 19.3 Å². The third-order valence-corrected chi connectivity index (χ3v) is 15.5. The van der Waals surface area contributed by atoms with Crippen molar-refractivity contribution in [3.8, 4) is 0 Å². The van der Waals surface area contributed by atoms with E-state index in [9.17, 15) is 14.4 Å². The molecule has 0 saturated carbocycles. The normalized spacial score (nSPS) is 12.0. The van der Waals surface area contributed by atoms with Crippen LogP contribution in [-0.2, 0) is 28.6 Å². The number of carbonyl (C=O) groups excluding carboxylic acids is 3. The van der Waals surface area contributed by atoms with Gasteiger partial charge in [-0.1, -0.05) is 343 Å². The number of hydrogen-bond donors (Lipinski definition) is 0. The summed E-state index contributed by atoms with van der Waals surface area (Å²) >= 11 is 0. The van der Waals surface area contributed by atoms with Crippen LogP contribution in [0.5, 0.6) is 0 Å². The highest BCUT2D eigenvalue weighted by Gasteiger charge is 2.19. The molecule has 0 aromatic carbocycles. The predicted molar refractivity (Wildman–Crippen MR) is 316 cm³/mol. The molecule has 0 spiro atoms. The van der Waals surface area contributed by atoms with Crippen molar-refractivity contribution in [3.63, 3.8) is 0 Å². The molecule has 0 aliphatic rings. The van der Waals surface area contributed by atoms with E-state index in [1.165, 1.54) is 270 Å². The number of esters is 3. The Kier molecular flexibility index (Phi) is 58.4. The summed E-state index contributed by atoms with van der Waals surface area (Å²) in [6, 6.07) is 0. The van der Waals surface area contributed by atoms with Gasteiger partial charge in [0.25, 0.3) is 0 Å². The van der Waals surface area contributed by atoms with E-state index in [0.717, 1.165) is 69.6 Å². The molecule has 6 heteroatoms. The molecule has 0 saturated heterocycles. The minimum atomic E-state index is -0.764. The highest BCUT2D eigenvalue weighted by molar-refractivity contribution is 5.71. The summed E-state index contributed by atoms with van der Waals surface area (Å²) in [6.45, 7) is 11.5. The molecule has 6 nitrogen and oxygen atoms in total. The summed E-state index contributed by atoms with van der Waals surface area (Å²) in [5, 5.41) is 0. The van der Waals surface area contributed by atoms with Crippen LogP contribution in [-0.4, -0.2) is 37.2 Å². The average Bonchev–Trinajstić information content (AvgIpc) is 3.37. The van der Waals surface area contributed by atoms with Gasteiger partial charge < -0.3 is 14.2 Å². The highest BCUT2D eigenvalue weighted by Crippen LogP contribution is 2.19. The maximum atomic E-state index is 12.9. The fraction of sp³-hybridized carbons (Fsp3) is 0.955. The van der Waals surface area contributed by atoms with Gasteiger partial charge in [-0.2, -0.15) is 0 Å². The average molecular weight is 1030 g/mol. The van der Waals surface area contributed by atoms with Crippen LogP contribution in [0.15, 0.2) is 0 Å². The SMILES string of the molecule is CCCCCCCCCCCCCCCCCCCC(=O)OC[C@H](COC(=O)CCCCCCCCCCCCCCCCC(C)C)OC(=O)CCCCCCCCCCCCCCCCCCCCC(C)C. The van der Waals surface area contributed by atoms with Crippen LogP contribution in [0.4, 0.5) is 0 Å². The van der Waals surface area contributed by atoms with Crippen LogP contribution in [0.1, 0.15) is 381 Å². The fourth-order valence-electron chi connectivity index (χ4n) is 10.5. The first-order chi connectivity index (χ1) is 35.7. The first kappa shape index (κ1) is 71.4. The maximum absolute atomic E-state index is 12.9. The van der Waals surface area contributed by atoms with Gasteiger partial charge in [0.1, 0.15) is 13.2 Å². The van der Waals surface area contributed by atoms with E-state index >= 15 is 0 Å². The van der Waals surface area contributed by atoms with Crippen LogP contribution in [0, 0.1) is 11.8 Å². The number of carbonyl (C=O) groups is 3. The van der Waals surface area contributed by atoms with E-state index in [1.54, 1.807) is 0 Å². The molecule has 0 bridgehead atoms. The van der Waals surface area contributed by atoms with Crippen molar-refractivity contribution in [2.75, 3.05) is 13.2 Å². The lowest BCUT2D eigenvalue weighted by Gasteiger charge is -2.18. The quantitative estimate of drug-likeness (QED) is 0.0343. The summed E-state index contributed by atoms with van der Waals surface area (Å²) in [6.07, 6.45) is 66.8. The second-order valence-electron chi connectivity index (χ2n) is 24.1. The Balaban J connectivity index is 4.28. The summed E-state index contributed by atoms with van der Waals surface area (Å²) < 4.78 is 17.0. The molecule has 0 heterocycles. The van der Waals surface area contributed by atoms with E-state index < -0.39 is 6.10 Å². The molecule has 0 aliphatic heterocycles. The fourth-order valence-corrected chi connectivity index (χ4v) is 10.5. The van der Waals surface area contributed by atoms with Crippen molar-refractivity contribution in [2.45, 2.75) is 387 Å². The highest BCUT2D eigenvalue weighted by atomic mass is 16.6. The van der Waals surface area contributed by atoms with Gasteiger partial charge in [-0.25, -0.2) is 0 Å². The molecule has 0 aromatic heterocycles. The monoisotopic (exact) mass is 1030 g/mol. The molecule has 434 valence electrons. The minimum absolute atomic E-state index is 0.0615. The number of ether oxygens (including phenoxy) is 3. The number of rotatable bonds is 61. The van der Waals surface area contributed by atoms with Gasteiger partial charge in [0.15, 0.2) is 6.10 Å². The second kappa shape index (κ2) is 59.7. The molecule has 1 atom stereocenters. The molecular formula is C67H130O6. The van der Waals surface area contributed by atoms with Crippen molar-refractivity contribution >= 4 is 17.9 Å². The molecular weight excluding hydrogens is 901 g/mol. The van der Waals surface area contributed by atoms with Crippen molar-refractivity contribution in [3.05, 3.63) is 0 Å². The molecule has 0 amide bonds. The Labute approximate surface area is 457 Å². The standard InChI is InChI=1S/C67H130O6/c1-6-7-8-9-10-11-12-13-14-17-21-27-32-37-42-47-52-57-65(68)71-60-64(61-72-66(69)58-53-48-43-38-33-28-24-23-26-31-36-41-46-51-56-63(4)5)73-67(70)59-54-49-44-39-34-29-22-19-16-15-18-20-25-30-35-40-45-50-55-62(2)3/h62-64H,6-61H2,1-5H3/t64-/m1/s1. The topological polar surface area (TPSA) is 78.9 Å². The zero-order valence-electron chi connectivity index (χ0n) is 50.3.